The summed E-state index contributed by atoms with van der Waals surface area (Å²) < 4.78 is 0. The first kappa shape index (κ1) is 16.4. The van der Waals surface area contributed by atoms with Crippen molar-refractivity contribution in [1.29, 1.82) is 0 Å². The first-order valence-corrected chi connectivity index (χ1v) is 8.92. The van der Waals surface area contributed by atoms with E-state index in [-0.39, 0.29) is 11.8 Å². The highest BCUT2D eigenvalue weighted by Gasteiger charge is 2.11. The van der Waals surface area contributed by atoms with Crippen molar-refractivity contribution in [3.05, 3.63) is 51.5 Å². The topological polar surface area (TPSA) is 71.1 Å². The quantitative estimate of drug-likeness (QED) is 0.727. The number of thiophene rings is 1. The lowest BCUT2D eigenvalue weighted by atomic mass is 10.1. The summed E-state index contributed by atoms with van der Waals surface area (Å²) in [6.07, 6.45) is 0. The van der Waals surface area contributed by atoms with Gasteiger partial charge in [0.1, 0.15) is 0 Å². The standard InChI is InChI=1S/C17H15N3O2S2/c1-10-3-8-15(24-10)16(22)20-17-19-14(9-23-17)12-4-6-13(7-5-12)18-11(2)21/h3-9H,1-2H3,(H,18,21)(H,19,20,22). The van der Waals surface area contributed by atoms with Crippen LogP contribution in [-0.2, 0) is 4.79 Å². The Bertz CT molecular complexity index is 881. The van der Waals surface area contributed by atoms with E-state index >= 15 is 0 Å². The molecule has 3 aromatic rings. The lowest BCUT2D eigenvalue weighted by Crippen LogP contribution is -2.09. The number of aryl methyl sites for hydroxylation is 1. The minimum absolute atomic E-state index is 0.106. The number of nitrogens with zero attached hydrogens (tertiary/aromatic N) is 1. The van der Waals surface area contributed by atoms with E-state index in [0.29, 0.717) is 10.0 Å². The second-order valence-corrected chi connectivity index (χ2v) is 7.31. The zero-order chi connectivity index (χ0) is 17.1. The third-order valence-corrected chi connectivity index (χ3v) is 4.95. The highest BCUT2D eigenvalue weighted by atomic mass is 32.1. The minimum Gasteiger partial charge on any atom is -0.326 e. The van der Waals surface area contributed by atoms with Gasteiger partial charge in [-0.15, -0.1) is 22.7 Å². The third kappa shape index (κ3) is 3.87. The molecule has 24 heavy (non-hydrogen) atoms. The predicted molar refractivity (Wildman–Crippen MR) is 98.9 cm³/mol. The highest BCUT2D eigenvalue weighted by Crippen LogP contribution is 2.27. The fourth-order valence-corrected chi connectivity index (χ4v) is 3.58. The van der Waals surface area contributed by atoms with Gasteiger partial charge in [-0.3, -0.25) is 14.9 Å². The third-order valence-electron chi connectivity index (χ3n) is 3.19. The maximum absolute atomic E-state index is 12.1. The van der Waals surface area contributed by atoms with Gasteiger partial charge in [-0.2, -0.15) is 0 Å². The molecule has 0 unspecified atom stereocenters. The van der Waals surface area contributed by atoms with Gasteiger partial charge in [-0.25, -0.2) is 4.98 Å². The monoisotopic (exact) mass is 357 g/mol. The van der Waals surface area contributed by atoms with Crippen LogP contribution in [0.25, 0.3) is 11.3 Å². The summed E-state index contributed by atoms with van der Waals surface area (Å²) in [6, 6.07) is 11.1. The van der Waals surface area contributed by atoms with Crippen molar-refractivity contribution >= 4 is 45.3 Å². The van der Waals surface area contributed by atoms with Crippen molar-refractivity contribution in [3.63, 3.8) is 0 Å². The summed E-state index contributed by atoms with van der Waals surface area (Å²) in [5.41, 5.74) is 2.45. The molecule has 0 fully saturated rings. The van der Waals surface area contributed by atoms with Crippen molar-refractivity contribution in [2.45, 2.75) is 13.8 Å². The summed E-state index contributed by atoms with van der Waals surface area (Å²) in [5.74, 6) is -0.250. The highest BCUT2D eigenvalue weighted by molar-refractivity contribution is 7.15. The fourth-order valence-electron chi connectivity index (χ4n) is 2.11. The van der Waals surface area contributed by atoms with Gasteiger partial charge in [0.05, 0.1) is 10.6 Å². The number of anilines is 2. The molecule has 0 saturated carbocycles. The van der Waals surface area contributed by atoms with Crippen LogP contribution in [0.5, 0.6) is 0 Å². The molecular formula is C17H15N3O2S2. The number of benzene rings is 1. The van der Waals surface area contributed by atoms with Crippen LogP contribution in [0.3, 0.4) is 0 Å². The molecule has 0 aliphatic carbocycles. The minimum atomic E-state index is -0.144. The Morgan fingerprint density at radius 2 is 1.79 bits per heavy atom. The molecule has 0 bridgehead atoms. The van der Waals surface area contributed by atoms with Crippen LogP contribution in [0, 0.1) is 6.92 Å². The molecule has 5 nitrogen and oxygen atoms in total. The summed E-state index contributed by atoms with van der Waals surface area (Å²) in [6.45, 7) is 3.44. The molecule has 0 radical (unpaired) electrons. The second kappa shape index (κ2) is 6.94. The van der Waals surface area contributed by atoms with E-state index in [1.807, 2.05) is 48.7 Å². The van der Waals surface area contributed by atoms with Gasteiger partial charge in [0.15, 0.2) is 5.13 Å². The summed E-state index contributed by atoms with van der Waals surface area (Å²) in [4.78, 5) is 29.4. The van der Waals surface area contributed by atoms with Crippen LogP contribution in [0.15, 0.2) is 41.8 Å². The molecule has 122 valence electrons. The first-order chi connectivity index (χ1) is 11.5. The Labute approximate surface area is 147 Å². The molecule has 0 spiro atoms. The second-order valence-electron chi connectivity index (χ2n) is 5.16. The van der Waals surface area contributed by atoms with E-state index in [9.17, 15) is 9.59 Å². The van der Waals surface area contributed by atoms with Crippen LogP contribution in [-0.4, -0.2) is 16.8 Å². The van der Waals surface area contributed by atoms with Gasteiger partial charge in [0.2, 0.25) is 5.91 Å². The zero-order valence-electron chi connectivity index (χ0n) is 13.1. The Hall–Kier alpha value is -2.51. The molecule has 2 aromatic heterocycles. The van der Waals surface area contributed by atoms with Gasteiger partial charge in [-0.05, 0) is 31.2 Å². The van der Waals surface area contributed by atoms with Crippen molar-refractivity contribution in [2.75, 3.05) is 10.6 Å². The molecule has 1 aromatic carbocycles. The normalized spacial score (nSPS) is 10.4. The van der Waals surface area contributed by atoms with E-state index in [1.54, 1.807) is 0 Å². The number of rotatable bonds is 4. The smallest absolute Gasteiger partial charge is 0.267 e. The fraction of sp³-hybridized carbons (Fsp3) is 0.118. The molecule has 0 saturated heterocycles. The summed E-state index contributed by atoms with van der Waals surface area (Å²) in [5, 5.41) is 8.00. The molecule has 2 N–H and O–H groups in total. The van der Waals surface area contributed by atoms with E-state index in [2.05, 4.69) is 15.6 Å². The van der Waals surface area contributed by atoms with Gasteiger partial charge in [0, 0.05) is 28.4 Å². The first-order valence-electron chi connectivity index (χ1n) is 7.22. The van der Waals surface area contributed by atoms with Crippen LogP contribution < -0.4 is 10.6 Å². The average molecular weight is 357 g/mol. The van der Waals surface area contributed by atoms with E-state index in [0.717, 1.165) is 21.8 Å². The number of aromatic nitrogens is 1. The van der Waals surface area contributed by atoms with Gasteiger partial charge < -0.3 is 5.32 Å². The number of hydrogen-bond donors (Lipinski definition) is 2. The Kier molecular flexibility index (Phi) is 4.73. The number of thiazole rings is 1. The maximum Gasteiger partial charge on any atom is 0.267 e. The number of carbonyl (C=O) groups is 2. The molecule has 0 aliphatic rings. The molecule has 0 aliphatic heterocycles. The molecule has 0 atom stereocenters. The number of carbonyl (C=O) groups excluding carboxylic acids is 2. The number of nitrogens with one attached hydrogen (secondary N) is 2. The van der Waals surface area contributed by atoms with Crippen molar-refractivity contribution < 1.29 is 9.59 Å². The Balaban J connectivity index is 1.71. The Morgan fingerprint density at radius 1 is 1.04 bits per heavy atom. The average Bonchev–Trinajstić information content (AvgIpc) is 3.17. The summed E-state index contributed by atoms with van der Waals surface area (Å²) in [7, 11) is 0. The number of amides is 2. The van der Waals surface area contributed by atoms with E-state index < -0.39 is 0 Å². The van der Waals surface area contributed by atoms with Gasteiger partial charge >= 0.3 is 0 Å². The molecule has 7 heteroatoms. The lowest BCUT2D eigenvalue weighted by molar-refractivity contribution is -0.114. The zero-order valence-corrected chi connectivity index (χ0v) is 14.8. The molecule has 2 heterocycles. The number of hydrogen-bond acceptors (Lipinski definition) is 5. The largest absolute Gasteiger partial charge is 0.326 e. The van der Waals surface area contributed by atoms with E-state index in [4.69, 9.17) is 0 Å². The van der Waals surface area contributed by atoms with Crippen molar-refractivity contribution in [1.82, 2.24) is 4.98 Å². The van der Waals surface area contributed by atoms with Gasteiger partial charge in [0.25, 0.3) is 5.91 Å². The Morgan fingerprint density at radius 3 is 2.42 bits per heavy atom. The SMILES string of the molecule is CC(=O)Nc1ccc(-c2csc(NC(=O)c3ccc(C)s3)n2)cc1. The van der Waals surface area contributed by atoms with E-state index in [1.165, 1.54) is 29.6 Å². The van der Waals surface area contributed by atoms with Crippen LogP contribution >= 0.6 is 22.7 Å². The molecule has 3 rings (SSSR count). The van der Waals surface area contributed by atoms with Crippen molar-refractivity contribution in [3.8, 4) is 11.3 Å². The van der Waals surface area contributed by atoms with Crippen LogP contribution in [0.4, 0.5) is 10.8 Å². The van der Waals surface area contributed by atoms with Crippen molar-refractivity contribution in [2.24, 2.45) is 0 Å². The van der Waals surface area contributed by atoms with Gasteiger partial charge in [-0.1, -0.05) is 12.1 Å². The van der Waals surface area contributed by atoms with Crippen LogP contribution in [0.2, 0.25) is 0 Å². The lowest BCUT2D eigenvalue weighted by Gasteiger charge is -2.02. The molecular weight excluding hydrogens is 342 g/mol. The summed E-state index contributed by atoms with van der Waals surface area (Å²) >= 11 is 2.84. The van der Waals surface area contributed by atoms with Crippen LogP contribution in [0.1, 0.15) is 21.5 Å². The predicted octanol–water partition coefficient (Wildman–Crippen LogP) is 4.39. The maximum atomic E-state index is 12.1. The molecule has 2 amide bonds.